The molecule has 2 atom stereocenters. The standard InChI is InChI=1S/C12H16ClN3/c13-12-14-7-6-11(15-12)16-8-2-4-9-3-1-5-10(9)16/h6-7,9-10H,1-5,8H2. The summed E-state index contributed by atoms with van der Waals surface area (Å²) in [5.74, 6) is 1.89. The van der Waals surface area contributed by atoms with Crippen molar-refractivity contribution in [2.24, 2.45) is 5.92 Å². The Morgan fingerprint density at radius 3 is 3.00 bits per heavy atom. The van der Waals surface area contributed by atoms with Crippen LogP contribution < -0.4 is 4.90 Å². The monoisotopic (exact) mass is 237 g/mol. The zero-order chi connectivity index (χ0) is 11.0. The number of fused-ring (bicyclic) bond motifs is 1. The van der Waals surface area contributed by atoms with Crippen LogP contribution >= 0.6 is 11.6 Å². The third-order valence-corrected chi connectivity index (χ3v) is 4.08. The van der Waals surface area contributed by atoms with Gasteiger partial charge >= 0.3 is 0 Å². The molecular formula is C12H16ClN3. The highest BCUT2D eigenvalue weighted by Gasteiger charge is 2.35. The minimum atomic E-state index is 0.359. The highest BCUT2D eigenvalue weighted by Crippen LogP contribution is 2.38. The molecular weight excluding hydrogens is 222 g/mol. The fourth-order valence-electron chi connectivity index (χ4n) is 3.22. The minimum absolute atomic E-state index is 0.359. The second-order valence-corrected chi connectivity index (χ2v) is 5.12. The summed E-state index contributed by atoms with van der Waals surface area (Å²) in [6.07, 6.45) is 8.49. The van der Waals surface area contributed by atoms with Gasteiger partial charge in [-0.05, 0) is 49.3 Å². The molecule has 1 aromatic heterocycles. The van der Waals surface area contributed by atoms with Crippen LogP contribution in [0.4, 0.5) is 5.82 Å². The number of rotatable bonds is 1. The van der Waals surface area contributed by atoms with E-state index in [2.05, 4.69) is 14.9 Å². The Bertz CT molecular complexity index is 382. The van der Waals surface area contributed by atoms with Gasteiger partial charge in [-0.1, -0.05) is 6.42 Å². The van der Waals surface area contributed by atoms with Crippen molar-refractivity contribution in [2.75, 3.05) is 11.4 Å². The third-order valence-electron chi connectivity index (χ3n) is 3.90. The van der Waals surface area contributed by atoms with Crippen LogP contribution in [0.3, 0.4) is 0 Å². The normalized spacial score (nSPS) is 29.2. The van der Waals surface area contributed by atoms with Crippen LogP contribution in [-0.2, 0) is 0 Å². The Morgan fingerprint density at radius 1 is 1.25 bits per heavy atom. The highest BCUT2D eigenvalue weighted by atomic mass is 35.5. The van der Waals surface area contributed by atoms with Crippen molar-refractivity contribution >= 4 is 17.4 Å². The molecule has 16 heavy (non-hydrogen) atoms. The molecule has 2 heterocycles. The van der Waals surface area contributed by atoms with E-state index >= 15 is 0 Å². The van der Waals surface area contributed by atoms with Crippen LogP contribution in [0.15, 0.2) is 12.3 Å². The van der Waals surface area contributed by atoms with Crippen LogP contribution in [0.25, 0.3) is 0 Å². The largest absolute Gasteiger partial charge is 0.353 e. The van der Waals surface area contributed by atoms with E-state index in [0.29, 0.717) is 11.3 Å². The van der Waals surface area contributed by atoms with Crippen molar-refractivity contribution in [1.29, 1.82) is 0 Å². The lowest BCUT2D eigenvalue weighted by Crippen LogP contribution is -2.43. The summed E-state index contributed by atoms with van der Waals surface area (Å²) in [5, 5.41) is 0.359. The fraction of sp³-hybridized carbons (Fsp3) is 0.667. The molecule has 3 nitrogen and oxygen atoms in total. The van der Waals surface area contributed by atoms with E-state index in [1.54, 1.807) is 6.20 Å². The van der Waals surface area contributed by atoms with Gasteiger partial charge in [-0.2, -0.15) is 0 Å². The average molecular weight is 238 g/mol. The second-order valence-electron chi connectivity index (χ2n) is 4.78. The average Bonchev–Trinajstić information content (AvgIpc) is 2.76. The molecule has 0 amide bonds. The molecule has 3 rings (SSSR count). The maximum Gasteiger partial charge on any atom is 0.224 e. The fourth-order valence-corrected chi connectivity index (χ4v) is 3.37. The van der Waals surface area contributed by atoms with Crippen molar-refractivity contribution in [3.8, 4) is 0 Å². The summed E-state index contributed by atoms with van der Waals surface area (Å²) >= 11 is 5.86. The van der Waals surface area contributed by atoms with Crippen molar-refractivity contribution < 1.29 is 0 Å². The molecule has 0 spiro atoms. The molecule has 2 unspecified atom stereocenters. The summed E-state index contributed by atoms with van der Waals surface area (Å²) in [6.45, 7) is 1.12. The summed E-state index contributed by atoms with van der Waals surface area (Å²) in [5.41, 5.74) is 0. The van der Waals surface area contributed by atoms with Crippen LogP contribution in [0.2, 0.25) is 5.28 Å². The zero-order valence-electron chi connectivity index (χ0n) is 9.27. The van der Waals surface area contributed by atoms with Gasteiger partial charge < -0.3 is 4.90 Å². The van der Waals surface area contributed by atoms with Gasteiger partial charge in [0.1, 0.15) is 5.82 Å². The summed E-state index contributed by atoms with van der Waals surface area (Å²) in [6, 6.07) is 2.67. The second kappa shape index (κ2) is 4.21. The Kier molecular flexibility index (Phi) is 2.72. The van der Waals surface area contributed by atoms with Gasteiger partial charge in [-0.25, -0.2) is 9.97 Å². The molecule has 4 heteroatoms. The van der Waals surface area contributed by atoms with Crippen LogP contribution in [-0.4, -0.2) is 22.6 Å². The first-order valence-electron chi connectivity index (χ1n) is 6.10. The van der Waals surface area contributed by atoms with Crippen molar-refractivity contribution in [2.45, 2.75) is 38.1 Å². The van der Waals surface area contributed by atoms with E-state index in [-0.39, 0.29) is 0 Å². The van der Waals surface area contributed by atoms with E-state index in [1.807, 2.05) is 6.07 Å². The van der Waals surface area contributed by atoms with Crippen LogP contribution in [0.1, 0.15) is 32.1 Å². The Morgan fingerprint density at radius 2 is 2.12 bits per heavy atom. The van der Waals surface area contributed by atoms with Crippen molar-refractivity contribution in [1.82, 2.24) is 9.97 Å². The lowest BCUT2D eigenvalue weighted by Gasteiger charge is -2.38. The molecule has 1 aromatic rings. The molecule has 0 radical (unpaired) electrons. The molecule has 1 aliphatic heterocycles. The van der Waals surface area contributed by atoms with Crippen molar-refractivity contribution in [3.05, 3.63) is 17.5 Å². The molecule has 0 bridgehead atoms. The van der Waals surface area contributed by atoms with E-state index in [9.17, 15) is 0 Å². The van der Waals surface area contributed by atoms with E-state index < -0.39 is 0 Å². The van der Waals surface area contributed by atoms with Gasteiger partial charge in [0.05, 0.1) is 0 Å². The predicted octanol–water partition coefficient (Wildman–Crippen LogP) is 2.90. The molecule has 1 saturated carbocycles. The van der Waals surface area contributed by atoms with Gasteiger partial charge in [0.15, 0.2) is 0 Å². The number of halogens is 1. The molecule has 0 aromatic carbocycles. The number of nitrogens with zero attached hydrogens (tertiary/aromatic N) is 3. The Hall–Kier alpha value is -0.830. The quantitative estimate of drug-likeness (QED) is 0.704. The Labute approximate surface area is 101 Å². The van der Waals surface area contributed by atoms with E-state index in [0.717, 1.165) is 18.3 Å². The number of hydrogen-bond donors (Lipinski definition) is 0. The first-order chi connectivity index (χ1) is 7.84. The minimum Gasteiger partial charge on any atom is -0.353 e. The van der Waals surface area contributed by atoms with E-state index in [4.69, 9.17) is 11.6 Å². The number of anilines is 1. The van der Waals surface area contributed by atoms with Crippen molar-refractivity contribution in [3.63, 3.8) is 0 Å². The van der Waals surface area contributed by atoms with Crippen LogP contribution in [0, 0.1) is 5.92 Å². The highest BCUT2D eigenvalue weighted by molar-refractivity contribution is 6.28. The maximum atomic E-state index is 5.86. The molecule has 1 saturated heterocycles. The first-order valence-corrected chi connectivity index (χ1v) is 6.47. The third kappa shape index (κ3) is 1.77. The van der Waals surface area contributed by atoms with Gasteiger partial charge in [0.25, 0.3) is 0 Å². The van der Waals surface area contributed by atoms with Crippen LogP contribution in [0.5, 0.6) is 0 Å². The number of aromatic nitrogens is 2. The topological polar surface area (TPSA) is 29.0 Å². The van der Waals surface area contributed by atoms with Gasteiger partial charge in [0.2, 0.25) is 5.28 Å². The lowest BCUT2D eigenvalue weighted by molar-refractivity contribution is 0.360. The molecule has 1 aliphatic carbocycles. The maximum absolute atomic E-state index is 5.86. The Balaban J connectivity index is 1.88. The molecule has 86 valence electrons. The van der Waals surface area contributed by atoms with Gasteiger partial charge in [-0.15, -0.1) is 0 Å². The summed E-state index contributed by atoms with van der Waals surface area (Å²) in [7, 11) is 0. The number of hydrogen-bond acceptors (Lipinski definition) is 3. The molecule has 0 N–H and O–H groups in total. The predicted molar refractivity (Wildman–Crippen MR) is 64.8 cm³/mol. The lowest BCUT2D eigenvalue weighted by atomic mass is 9.92. The summed E-state index contributed by atoms with van der Waals surface area (Å²) in [4.78, 5) is 10.7. The molecule has 2 aliphatic rings. The molecule has 2 fully saturated rings. The van der Waals surface area contributed by atoms with E-state index in [1.165, 1.54) is 32.1 Å². The zero-order valence-corrected chi connectivity index (χ0v) is 10.0. The number of piperidine rings is 1. The smallest absolute Gasteiger partial charge is 0.224 e. The first kappa shape index (κ1) is 10.3. The SMILES string of the molecule is Clc1nccc(N2CCCC3CCCC32)n1. The van der Waals surface area contributed by atoms with Gasteiger partial charge in [-0.3, -0.25) is 0 Å². The van der Waals surface area contributed by atoms with Gasteiger partial charge in [0, 0.05) is 18.8 Å². The summed E-state index contributed by atoms with van der Waals surface area (Å²) < 4.78 is 0.